The second kappa shape index (κ2) is 5.80. The molecule has 0 spiro atoms. The minimum atomic E-state index is -0.375. The van der Waals surface area contributed by atoms with Crippen LogP contribution in [0.3, 0.4) is 0 Å². The van der Waals surface area contributed by atoms with Gasteiger partial charge in [-0.15, -0.1) is 11.3 Å². The maximum Gasteiger partial charge on any atom is 0.257 e. The van der Waals surface area contributed by atoms with E-state index in [4.69, 9.17) is 0 Å². The lowest BCUT2D eigenvalue weighted by Crippen LogP contribution is -2.11. The summed E-state index contributed by atoms with van der Waals surface area (Å²) in [5.74, 6) is -0.693. The second-order valence-electron chi connectivity index (χ2n) is 4.24. The minimum absolute atomic E-state index is 0.318. The molecule has 0 fully saturated rings. The molecular formula is C15H10FN3OS. The first-order valence-corrected chi connectivity index (χ1v) is 7.03. The quantitative estimate of drug-likeness (QED) is 0.804. The third-order valence-corrected chi connectivity index (χ3v) is 3.55. The molecule has 0 aliphatic rings. The van der Waals surface area contributed by atoms with Gasteiger partial charge in [0.1, 0.15) is 5.82 Å². The normalized spacial score (nSPS) is 10.3. The van der Waals surface area contributed by atoms with E-state index in [-0.39, 0.29) is 11.7 Å². The molecule has 1 amide bonds. The Balaban J connectivity index is 1.75. The second-order valence-corrected chi connectivity index (χ2v) is 5.10. The number of hydrogen-bond acceptors (Lipinski definition) is 4. The number of halogens is 1. The van der Waals surface area contributed by atoms with Gasteiger partial charge < -0.3 is 0 Å². The van der Waals surface area contributed by atoms with E-state index in [2.05, 4.69) is 15.3 Å². The predicted molar refractivity (Wildman–Crippen MR) is 79.7 cm³/mol. The number of carbonyl (C=O) groups excluding carboxylic acids is 1. The molecule has 4 nitrogen and oxygen atoms in total. The summed E-state index contributed by atoms with van der Waals surface area (Å²) in [7, 11) is 0. The number of nitrogens with one attached hydrogen (secondary N) is 1. The lowest BCUT2D eigenvalue weighted by Gasteiger charge is -2.01. The van der Waals surface area contributed by atoms with Crippen molar-refractivity contribution < 1.29 is 9.18 Å². The maximum atomic E-state index is 12.8. The van der Waals surface area contributed by atoms with E-state index in [1.807, 2.05) is 17.5 Å². The lowest BCUT2D eigenvalue weighted by molar-refractivity contribution is 0.102. The Kier molecular flexibility index (Phi) is 3.70. The number of carbonyl (C=O) groups is 1. The number of rotatable bonds is 3. The van der Waals surface area contributed by atoms with Crippen molar-refractivity contribution in [1.82, 2.24) is 9.97 Å². The highest BCUT2D eigenvalue weighted by atomic mass is 32.1. The summed E-state index contributed by atoms with van der Waals surface area (Å²) in [5.41, 5.74) is 2.02. The van der Waals surface area contributed by atoms with Crippen LogP contribution in [-0.2, 0) is 0 Å². The van der Waals surface area contributed by atoms with Gasteiger partial charge in [0.05, 0.1) is 5.69 Å². The predicted octanol–water partition coefficient (Wildman–Crippen LogP) is 3.60. The largest absolute Gasteiger partial charge is 0.298 e. The van der Waals surface area contributed by atoms with Gasteiger partial charge in [0.2, 0.25) is 0 Å². The van der Waals surface area contributed by atoms with Crippen molar-refractivity contribution in [3.05, 3.63) is 65.6 Å². The first kappa shape index (κ1) is 13.4. The molecule has 0 aliphatic heterocycles. The number of hydrogen-bond donors (Lipinski definition) is 1. The molecule has 0 saturated carbocycles. The fourth-order valence-electron chi connectivity index (χ4n) is 1.75. The SMILES string of the molecule is O=C(Nc1nc(-c2cccnc2)cs1)c1ccc(F)cc1. The molecule has 104 valence electrons. The highest BCUT2D eigenvalue weighted by molar-refractivity contribution is 7.14. The maximum absolute atomic E-state index is 12.8. The number of pyridine rings is 1. The molecule has 0 atom stereocenters. The topological polar surface area (TPSA) is 54.9 Å². The third kappa shape index (κ3) is 3.11. The lowest BCUT2D eigenvalue weighted by atomic mass is 10.2. The molecule has 21 heavy (non-hydrogen) atoms. The van der Waals surface area contributed by atoms with Gasteiger partial charge >= 0.3 is 0 Å². The first-order valence-electron chi connectivity index (χ1n) is 6.15. The Bertz CT molecular complexity index is 756. The number of anilines is 1. The van der Waals surface area contributed by atoms with E-state index in [0.717, 1.165) is 11.3 Å². The van der Waals surface area contributed by atoms with E-state index in [1.165, 1.54) is 35.6 Å². The molecule has 3 aromatic rings. The van der Waals surface area contributed by atoms with Gasteiger partial charge in [-0.3, -0.25) is 15.1 Å². The van der Waals surface area contributed by atoms with Crippen LogP contribution in [0.15, 0.2) is 54.2 Å². The molecule has 0 radical (unpaired) electrons. The molecule has 1 N–H and O–H groups in total. The van der Waals surface area contributed by atoms with Gasteiger partial charge in [-0.1, -0.05) is 0 Å². The average molecular weight is 299 g/mol. The van der Waals surface area contributed by atoms with Crippen molar-refractivity contribution in [2.75, 3.05) is 5.32 Å². The van der Waals surface area contributed by atoms with Crippen molar-refractivity contribution in [3.8, 4) is 11.3 Å². The van der Waals surface area contributed by atoms with Crippen molar-refractivity contribution in [2.24, 2.45) is 0 Å². The van der Waals surface area contributed by atoms with Crippen LogP contribution in [0.5, 0.6) is 0 Å². The van der Waals surface area contributed by atoms with Gasteiger partial charge in [-0.2, -0.15) is 0 Å². The number of aromatic nitrogens is 2. The summed E-state index contributed by atoms with van der Waals surface area (Å²) in [6.07, 6.45) is 3.40. The van der Waals surface area contributed by atoms with Crippen LogP contribution < -0.4 is 5.32 Å². The highest BCUT2D eigenvalue weighted by Crippen LogP contribution is 2.24. The molecule has 0 unspecified atom stereocenters. The average Bonchev–Trinajstić information content (AvgIpc) is 2.97. The Hall–Kier alpha value is -2.60. The number of amides is 1. The Morgan fingerprint density at radius 1 is 1.19 bits per heavy atom. The zero-order valence-corrected chi connectivity index (χ0v) is 11.6. The van der Waals surface area contributed by atoms with Crippen molar-refractivity contribution in [1.29, 1.82) is 0 Å². The molecule has 2 aromatic heterocycles. The molecule has 2 heterocycles. The number of nitrogens with zero attached hydrogens (tertiary/aromatic N) is 2. The fourth-order valence-corrected chi connectivity index (χ4v) is 2.46. The summed E-state index contributed by atoms with van der Waals surface area (Å²) in [6.45, 7) is 0. The monoisotopic (exact) mass is 299 g/mol. The number of benzene rings is 1. The van der Waals surface area contributed by atoms with E-state index >= 15 is 0 Å². The summed E-state index contributed by atoms with van der Waals surface area (Å²) in [5, 5.41) is 5.03. The van der Waals surface area contributed by atoms with Gasteiger partial charge in [-0.05, 0) is 36.4 Å². The van der Waals surface area contributed by atoms with Gasteiger partial charge in [-0.25, -0.2) is 9.37 Å². The Labute approximate surface area is 124 Å². The van der Waals surface area contributed by atoms with Crippen LogP contribution in [0.2, 0.25) is 0 Å². The van der Waals surface area contributed by atoms with Crippen LogP contribution in [0.4, 0.5) is 9.52 Å². The fraction of sp³-hybridized carbons (Fsp3) is 0. The zero-order valence-electron chi connectivity index (χ0n) is 10.8. The Morgan fingerprint density at radius 3 is 2.71 bits per heavy atom. The standard InChI is InChI=1S/C15H10FN3OS/c16-12-5-3-10(4-6-12)14(20)19-15-18-13(9-21-15)11-2-1-7-17-8-11/h1-9H,(H,18,19,20). The molecule has 6 heteroatoms. The molecule has 3 rings (SSSR count). The molecule has 0 aliphatic carbocycles. The van der Waals surface area contributed by atoms with Crippen molar-refractivity contribution >= 4 is 22.4 Å². The van der Waals surface area contributed by atoms with Crippen molar-refractivity contribution in [3.63, 3.8) is 0 Å². The van der Waals surface area contributed by atoms with E-state index in [9.17, 15) is 9.18 Å². The summed E-state index contributed by atoms with van der Waals surface area (Å²) < 4.78 is 12.8. The van der Waals surface area contributed by atoms with Crippen LogP contribution in [0.1, 0.15) is 10.4 Å². The van der Waals surface area contributed by atoms with Gasteiger partial charge in [0, 0.05) is 28.9 Å². The summed E-state index contributed by atoms with van der Waals surface area (Å²) in [6, 6.07) is 9.08. The number of thiazole rings is 1. The van der Waals surface area contributed by atoms with E-state index < -0.39 is 0 Å². The highest BCUT2D eigenvalue weighted by Gasteiger charge is 2.10. The van der Waals surface area contributed by atoms with Gasteiger partial charge in [0.15, 0.2) is 5.13 Å². The molecule has 1 aromatic carbocycles. The molecule has 0 bridgehead atoms. The van der Waals surface area contributed by atoms with Crippen molar-refractivity contribution in [2.45, 2.75) is 0 Å². The van der Waals surface area contributed by atoms with Crippen LogP contribution in [-0.4, -0.2) is 15.9 Å². The van der Waals surface area contributed by atoms with E-state index in [1.54, 1.807) is 12.4 Å². The third-order valence-electron chi connectivity index (χ3n) is 2.79. The Morgan fingerprint density at radius 2 is 2.00 bits per heavy atom. The van der Waals surface area contributed by atoms with Gasteiger partial charge in [0.25, 0.3) is 5.91 Å². The van der Waals surface area contributed by atoms with Crippen LogP contribution >= 0.6 is 11.3 Å². The summed E-state index contributed by atoms with van der Waals surface area (Å²) in [4.78, 5) is 20.4. The molecule has 0 saturated heterocycles. The summed E-state index contributed by atoms with van der Waals surface area (Å²) >= 11 is 1.33. The zero-order chi connectivity index (χ0) is 14.7. The minimum Gasteiger partial charge on any atom is -0.298 e. The van der Waals surface area contributed by atoms with E-state index in [0.29, 0.717) is 10.7 Å². The van der Waals surface area contributed by atoms with Crippen LogP contribution in [0.25, 0.3) is 11.3 Å². The molecular weight excluding hydrogens is 289 g/mol. The smallest absolute Gasteiger partial charge is 0.257 e. The van der Waals surface area contributed by atoms with Crippen LogP contribution in [0, 0.1) is 5.82 Å². The first-order chi connectivity index (χ1) is 10.2.